The quantitative estimate of drug-likeness (QED) is 0.241. The molecule has 4 aliphatic rings. The normalized spacial score (nSPS) is 40.4. The summed E-state index contributed by atoms with van der Waals surface area (Å²) in [7, 11) is 0. The Labute approximate surface area is 205 Å². The van der Waals surface area contributed by atoms with Crippen LogP contribution in [0.2, 0.25) is 0 Å². The lowest BCUT2D eigenvalue weighted by Crippen LogP contribution is -2.32. The molecule has 33 heavy (non-hydrogen) atoms. The molecule has 4 saturated carbocycles. The molecule has 0 amide bonds. The van der Waals surface area contributed by atoms with Gasteiger partial charge in [-0.05, 0) is 145 Å². The summed E-state index contributed by atoms with van der Waals surface area (Å²) in [6, 6.07) is 0. The Morgan fingerprint density at radius 2 is 1.06 bits per heavy atom. The molecule has 4 aliphatic carbocycles. The van der Waals surface area contributed by atoms with Crippen molar-refractivity contribution in [3.63, 3.8) is 0 Å². The van der Waals surface area contributed by atoms with Crippen LogP contribution in [-0.4, -0.2) is 25.4 Å². The molecule has 0 aromatic heterocycles. The van der Waals surface area contributed by atoms with Crippen LogP contribution in [0, 0.1) is 35.5 Å². The van der Waals surface area contributed by atoms with Crippen molar-refractivity contribution in [1.82, 2.24) is 0 Å². The molecule has 0 aromatic rings. The fraction of sp³-hybridized carbons (Fsp3) is 0.935. The first kappa shape index (κ1) is 25.7. The van der Waals surface area contributed by atoms with E-state index in [1.54, 1.807) is 0 Å². The summed E-state index contributed by atoms with van der Waals surface area (Å²) < 4.78 is 12.5. The zero-order valence-electron chi connectivity index (χ0n) is 21.9. The van der Waals surface area contributed by atoms with Crippen LogP contribution < -0.4 is 0 Å². The molecule has 0 spiro atoms. The fourth-order valence-electron chi connectivity index (χ4n) is 7.80. The van der Waals surface area contributed by atoms with Crippen LogP contribution in [-0.2, 0) is 9.47 Å². The lowest BCUT2D eigenvalue weighted by molar-refractivity contribution is -0.0184. The minimum absolute atomic E-state index is 0.560. The van der Waals surface area contributed by atoms with Crippen molar-refractivity contribution in [3.05, 3.63) is 12.7 Å². The molecule has 190 valence electrons. The number of unbranched alkanes of at least 4 members (excludes halogenated alkanes) is 1. The Morgan fingerprint density at radius 3 is 1.52 bits per heavy atom. The van der Waals surface area contributed by atoms with Gasteiger partial charge in [0, 0.05) is 13.2 Å². The van der Waals surface area contributed by atoms with E-state index in [9.17, 15) is 0 Å². The average molecular weight is 459 g/mol. The summed E-state index contributed by atoms with van der Waals surface area (Å²) in [4.78, 5) is 0. The van der Waals surface area contributed by atoms with Gasteiger partial charge in [-0.3, -0.25) is 0 Å². The maximum atomic E-state index is 6.43. The van der Waals surface area contributed by atoms with Crippen LogP contribution in [0.4, 0.5) is 0 Å². The second kappa shape index (κ2) is 13.7. The first-order valence-corrected chi connectivity index (χ1v) is 15.1. The smallest absolute Gasteiger partial charge is 0.0575 e. The van der Waals surface area contributed by atoms with Gasteiger partial charge in [0.15, 0.2) is 0 Å². The first-order chi connectivity index (χ1) is 16.2. The zero-order valence-corrected chi connectivity index (χ0v) is 21.9. The van der Waals surface area contributed by atoms with Gasteiger partial charge in [-0.25, -0.2) is 0 Å². The van der Waals surface area contributed by atoms with E-state index < -0.39 is 0 Å². The van der Waals surface area contributed by atoms with E-state index in [1.807, 2.05) is 0 Å². The predicted octanol–water partition coefficient (Wildman–Crippen LogP) is 8.74. The lowest BCUT2D eigenvalue weighted by atomic mass is 9.66. The minimum atomic E-state index is 0.560. The lowest BCUT2D eigenvalue weighted by Gasteiger charge is -2.41. The third-order valence-electron chi connectivity index (χ3n) is 10.2. The summed E-state index contributed by atoms with van der Waals surface area (Å²) in [6.45, 7) is 8.25. The largest absolute Gasteiger partial charge is 0.378 e. The van der Waals surface area contributed by atoms with Gasteiger partial charge in [0.2, 0.25) is 0 Å². The van der Waals surface area contributed by atoms with Gasteiger partial charge in [-0.15, -0.1) is 6.58 Å². The van der Waals surface area contributed by atoms with Crippen molar-refractivity contribution < 1.29 is 9.47 Å². The Bertz CT molecular complexity index is 527. The molecule has 0 heterocycles. The van der Waals surface area contributed by atoms with Crippen LogP contribution >= 0.6 is 0 Å². The summed E-state index contributed by atoms with van der Waals surface area (Å²) in [6.07, 6.45) is 28.3. The summed E-state index contributed by atoms with van der Waals surface area (Å²) in [5, 5.41) is 0. The van der Waals surface area contributed by atoms with E-state index in [-0.39, 0.29) is 0 Å². The standard InChI is InChI=1S/C31H54O2/c1-3-5-22-32-30-18-14-28(15-19-30)26-10-12-27(13-11-26)29-16-20-31(21-17-29)33-23-25-8-6-24(4-2)7-9-25/h4,24-31H,2-3,5-23H2,1H3. The van der Waals surface area contributed by atoms with E-state index in [2.05, 4.69) is 19.6 Å². The maximum absolute atomic E-state index is 6.43. The summed E-state index contributed by atoms with van der Waals surface area (Å²) >= 11 is 0. The first-order valence-electron chi connectivity index (χ1n) is 15.1. The van der Waals surface area contributed by atoms with Crippen molar-refractivity contribution >= 4 is 0 Å². The highest BCUT2D eigenvalue weighted by molar-refractivity contribution is 4.87. The van der Waals surface area contributed by atoms with Gasteiger partial charge in [0.05, 0.1) is 12.2 Å². The number of allylic oxidation sites excluding steroid dienone is 1. The predicted molar refractivity (Wildman–Crippen MR) is 139 cm³/mol. The van der Waals surface area contributed by atoms with Gasteiger partial charge in [-0.2, -0.15) is 0 Å². The van der Waals surface area contributed by atoms with E-state index in [1.165, 1.54) is 116 Å². The molecule has 4 fully saturated rings. The highest BCUT2D eigenvalue weighted by Gasteiger charge is 2.35. The maximum Gasteiger partial charge on any atom is 0.0575 e. The zero-order chi connectivity index (χ0) is 22.9. The third-order valence-corrected chi connectivity index (χ3v) is 10.2. The average Bonchev–Trinajstić information content (AvgIpc) is 2.89. The summed E-state index contributed by atoms with van der Waals surface area (Å²) in [5.41, 5.74) is 0. The molecule has 2 heteroatoms. The Hall–Kier alpha value is -0.340. The number of hydrogen-bond donors (Lipinski definition) is 0. The van der Waals surface area contributed by atoms with Crippen LogP contribution in [0.15, 0.2) is 12.7 Å². The Balaban J connectivity index is 1.07. The SMILES string of the molecule is C=CC1CCC(COC2CCC(C3CCC(C4CCC(OCCCC)CC4)CC3)CC2)CC1. The van der Waals surface area contributed by atoms with Gasteiger partial charge in [0.25, 0.3) is 0 Å². The van der Waals surface area contributed by atoms with Crippen LogP contribution in [0.25, 0.3) is 0 Å². The molecule has 0 N–H and O–H groups in total. The van der Waals surface area contributed by atoms with Gasteiger partial charge in [0.1, 0.15) is 0 Å². The molecule has 0 bridgehead atoms. The topological polar surface area (TPSA) is 18.5 Å². The molecule has 0 aliphatic heterocycles. The molecule has 0 radical (unpaired) electrons. The molecule has 2 nitrogen and oxygen atoms in total. The molecular formula is C31H54O2. The van der Waals surface area contributed by atoms with Gasteiger partial charge in [-0.1, -0.05) is 19.4 Å². The van der Waals surface area contributed by atoms with E-state index in [4.69, 9.17) is 9.47 Å². The molecule has 0 unspecified atom stereocenters. The van der Waals surface area contributed by atoms with Crippen LogP contribution in [0.1, 0.15) is 122 Å². The van der Waals surface area contributed by atoms with E-state index >= 15 is 0 Å². The fourth-order valence-corrected chi connectivity index (χ4v) is 7.80. The molecule has 4 rings (SSSR count). The second-order valence-corrected chi connectivity index (χ2v) is 12.3. The second-order valence-electron chi connectivity index (χ2n) is 12.3. The van der Waals surface area contributed by atoms with Crippen molar-refractivity contribution in [1.29, 1.82) is 0 Å². The third kappa shape index (κ3) is 7.83. The molecular weight excluding hydrogens is 404 g/mol. The van der Waals surface area contributed by atoms with Crippen LogP contribution in [0.3, 0.4) is 0 Å². The van der Waals surface area contributed by atoms with Gasteiger partial charge >= 0.3 is 0 Å². The highest BCUT2D eigenvalue weighted by Crippen LogP contribution is 2.45. The van der Waals surface area contributed by atoms with Crippen molar-refractivity contribution in [2.45, 2.75) is 135 Å². The minimum Gasteiger partial charge on any atom is -0.378 e. The van der Waals surface area contributed by atoms with E-state index in [0.29, 0.717) is 12.2 Å². The molecule has 0 saturated heterocycles. The van der Waals surface area contributed by atoms with Crippen molar-refractivity contribution in [2.24, 2.45) is 35.5 Å². The Morgan fingerprint density at radius 1 is 0.606 bits per heavy atom. The highest BCUT2D eigenvalue weighted by atomic mass is 16.5. The van der Waals surface area contributed by atoms with E-state index in [0.717, 1.165) is 48.7 Å². The van der Waals surface area contributed by atoms with Crippen molar-refractivity contribution in [2.75, 3.05) is 13.2 Å². The molecule has 0 atom stereocenters. The van der Waals surface area contributed by atoms with Gasteiger partial charge < -0.3 is 9.47 Å². The Kier molecular flexibility index (Phi) is 10.7. The number of rotatable bonds is 10. The number of ether oxygens (including phenoxy) is 2. The molecule has 0 aromatic carbocycles. The monoisotopic (exact) mass is 458 g/mol. The summed E-state index contributed by atoms with van der Waals surface area (Å²) in [5.74, 6) is 5.62. The van der Waals surface area contributed by atoms with Crippen molar-refractivity contribution in [3.8, 4) is 0 Å². The van der Waals surface area contributed by atoms with Crippen LogP contribution in [0.5, 0.6) is 0 Å². The number of hydrogen-bond acceptors (Lipinski definition) is 2.